The number of nitrogens with one attached hydrogen (secondary N) is 2. The number of hydrogen-bond donors (Lipinski definition) is 3. The van der Waals surface area contributed by atoms with Gasteiger partial charge in [0.2, 0.25) is 5.91 Å². The number of rotatable bonds is 4. The van der Waals surface area contributed by atoms with Crippen LogP contribution in [0.15, 0.2) is 24.3 Å². The number of amides is 1. The third-order valence-electron chi connectivity index (χ3n) is 3.60. The van der Waals surface area contributed by atoms with Gasteiger partial charge >= 0.3 is 0 Å². The van der Waals surface area contributed by atoms with Gasteiger partial charge in [-0.1, -0.05) is 24.3 Å². The van der Waals surface area contributed by atoms with E-state index in [1.54, 1.807) is 0 Å². The van der Waals surface area contributed by atoms with E-state index in [4.69, 9.17) is 0 Å². The zero-order valence-electron chi connectivity index (χ0n) is 11.5. The molecule has 19 heavy (non-hydrogen) atoms. The number of aliphatic hydroxyl groups excluding tert-OH is 1. The molecule has 104 valence electrons. The second-order valence-corrected chi connectivity index (χ2v) is 5.39. The Kier molecular flexibility index (Phi) is 4.56. The van der Waals surface area contributed by atoms with Gasteiger partial charge in [-0.3, -0.25) is 4.79 Å². The summed E-state index contributed by atoms with van der Waals surface area (Å²) in [5.41, 5.74) is 2.51. The van der Waals surface area contributed by atoms with Crippen LogP contribution in [-0.2, 0) is 11.2 Å². The van der Waals surface area contributed by atoms with E-state index in [1.165, 1.54) is 11.1 Å². The van der Waals surface area contributed by atoms with E-state index >= 15 is 0 Å². The zero-order valence-corrected chi connectivity index (χ0v) is 11.5. The highest BCUT2D eigenvalue weighted by Crippen LogP contribution is 2.11. The molecule has 4 nitrogen and oxygen atoms in total. The maximum Gasteiger partial charge on any atom is 0.237 e. The molecule has 1 aromatic carbocycles. The lowest BCUT2D eigenvalue weighted by Gasteiger charge is -2.18. The molecule has 0 bridgehead atoms. The normalized spacial score (nSPS) is 24.2. The summed E-state index contributed by atoms with van der Waals surface area (Å²) in [6.07, 6.45) is 0.929. The lowest BCUT2D eigenvalue weighted by Crippen LogP contribution is -2.44. The summed E-state index contributed by atoms with van der Waals surface area (Å²) in [5, 5.41) is 15.4. The fourth-order valence-corrected chi connectivity index (χ4v) is 2.48. The summed E-state index contributed by atoms with van der Waals surface area (Å²) < 4.78 is 0. The van der Waals surface area contributed by atoms with Crippen LogP contribution in [0.2, 0.25) is 0 Å². The lowest BCUT2D eigenvalue weighted by atomic mass is 10.0. The smallest absolute Gasteiger partial charge is 0.237 e. The van der Waals surface area contributed by atoms with Crippen LogP contribution < -0.4 is 10.6 Å². The van der Waals surface area contributed by atoms with Crippen LogP contribution in [-0.4, -0.2) is 35.7 Å². The molecule has 1 saturated heterocycles. The summed E-state index contributed by atoms with van der Waals surface area (Å²) >= 11 is 0. The molecule has 0 saturated carbocycles. The van der Waals surface area contributed by atoms with Gasteiger partial charge < -0.3 is 15.7 Å². The van der Waals surface area contributed by atoms with E-state index in [0.717, 1.165) is 6.42 Å². The number of aryl methyl sites for hydroxylation is 1. The Bertz CT molecular complexity index is 448. The minimum absolute atomic E-state index is 0.0161. The molecule has 1 aliphatic heterocycles. The largest absolute Gasteiger partial charge is 0.392 e. The molecule has 1 amide bonds. The Labute approximate surface area is 114 Å². The van der Waals surface area contributed by atoms with Gasteiger partial charge in [-0.2, -0.15) is 0 Å². The van der Waals surface area contributed by atoms with E-state index in [9.17, 15) is 9.90 Å². The summed E-state index contributed by atoms with van der Waals surface area (Å²) in [5.74, 6) is -0.0161. The SMILES string of the molecule is Cc1ccccc1C[C@H](C)NC(=O)[C@@H]1C[C@@H](O)CN1. The molecule has 1 fully saturated rings. The number of aliphatic hydroxyl groups is 1. The van der Waals surface area contributed by atoms with Crippen LogP contribution in [0.1, 0.15) is 24.5 Å². The Morgan fingerprint density at radius 1 is 1.53 bits per heavy atom. The van der Waals surface area contributed by atoms with E-state index in [-0.39, 0.29) is 18.0 Å². The fourth-order valence-electron chi connectivity index (χ4n) is 2.48. The van der Waals surface area contributed by atoms with Gasteiger partial charge in [-0.05, 0) is 37.8 Å². The van der Waals surface area contributed by atoms with Crippen LogP contribution >= 0.6 is 0 Å². The highest BCUT2D eigenvalue weighted by molar-refractivity contribution is 5.82. The lowest BCUT2D eigenvalue weighted by molar-refractivity contribution is -0.123. The van der Waals surface area contributed by atoms with Gasteiger partial charge in [0.1, 0.15) is 0 Å². The van der Waals surface area contributed by atoms with Gasteiger partial charge in [0, 0.05) is 12.6 Å². The van der Waals surface area contributed by atoms with Crippen molar-refractivity contribution in [3.63, 3.8) is 0 Å². The molecule has 1 heterocycles. The molecule has 3 atom stereocenters. The fraction of sp³-hybridized carbons (Fsp3) is 0.533. The van der Waals surface area contributed by atoms with Gasteiger partial charge in [0.05, 0.1) is 12.1 Å². The van der Waals surface area contributed by atoms with Gasteiger partial charge in [-0.25, -0.2) is 0 Å². The molecule has 0 radical (unpaired) electrons. The predicted molar refractivity (Wildman–Crippen MR) is 74.9 cm³/mol. The first-order valence-corrected chi connectivity index (χ1v) is 6.82. The van der Waals surface area contributed by atoms with Crippen molar-refractivity contribution in [3.05, 3.63) is 35.4 Å². The summed E-state index contributed by atoms with van der Waals surface area (Å²) in [6, 6.07) is 8.05. The van der Waals surface area contributed by atoms with Crippen molar-refractivity contribution in [1.29, 1.82) is 0 Å². The summed E-state index contributed by atoms with van der Waals surface area (Å²) in [6.45, 7) is 4.60. The molecule has 0 aromatic heterocycles. The van der Waals surface area contributed by atoms with Gasteiger partial charge in [0.25, 0.3) is 0 Å². The summed E-state index contributed by atoms with van der Waals surface area (Å²) in [7, 11) is 0. The van der Waals surface area contributed by atoms with Crippen molar-refractivity contribution in [2.45, 2.75) is 44.9 Å². The molecular formula is C15H22N2O2. The van der Waals surface area contributed by atoms with Crippen molar-refractivity contribution in [2.24, 2.45) is 0 Å². The number of carbonyl (C=O) groups excluding carboxylic acids is 1. The van der Waals surface area contributed by atoms with E-state index < -0.39 is 6.10 Å². The average Bonchev–Trinajstić information content (AvgIpc) is 2.79. The van der Waals surface area contributed by atoms with Gasteiger partial charge in [-0.15, -0.1) is 0 Å². The van der Waals surface area contributed by atoms with Crippen LogP contribution in [0.25, 0.3) is 0 Å². The first-order chi connectivity index (χ1) is 9.06. The maximum atomic E-state index is 12.0. The summed E-state index contributed by atoms with van der Waals surface area (Å²) in [4.78, 5) is 12.0. The van der Waals surface area contributed by atoms with Crippen LogP contribution in [0.3, 0.4) is 0 Å². The Balaban J connectivity index is 1.86. The molecule has 0 unspecified atom stereocenters. The molecule has 4 heteroatoms. The van der Waals surface area contributed by atoms with Crippen LogP contribution in [0.5, 0.6) is 0 Å². The average molecular weight is 262 g/mol. The molecule has 0 spiro atoms. The topological polar surface area (TPSA) is 61.4 Å². The number of hydrogen-bond acceptors (Lipinski definition) is 3. The molecule has 0 aliphatic carbocycles. The Morgan fingerprint density at radius 3 is 2.89 bits per heavy atom. The Hall–Kier alpha value is -1.39. The first-order valence-electron chi connectivity index (χ1n) is 6.82. The van der Waals surface area contributed by atoms with E-state index in [2.05, 4.69) is 29.7 Å². The maximum absolute atomic E-state index is 12.0. The third-order valence-corrected chi connectivity index (χ3v) is 3.60. The van der Waals surface area contributed by atoms with Crippen molar-refractivity contribution >= 4 is 5.91 Å². The third kappa shape index (κ3) is 3.78. The standard InChI is InChI=1S/C15H22N2O2/c1-10-5-3-4-6-12(10)7-11(2)17-15(19)14-8-13(18)9-16-14/h3-6,11,13-14,16,18H,7-9H2,1-2H3,(H,17,19)/t11-,13+,14-/m0/s1. The van der Waals surface area contributed by atoms with E-state index in [1.807, 2.05) is 19.1 Å². The molecule has 1 aliphatic rings. The first kappa shape index (κ1) is 14.0. The number of carbonyl (C=O) groups is 1. The van der Waals surface area contributed by atoms with E-state index in [0.29, 0.717) is 13.0 Å². The zero-order chi connectivity index (χ0) is 13.8. The second kappa shape index (κ2) is 6.17. The minimum Gasteiger partial charge on any atom is -0.392 e. The quantitative estimate of drug-likeness (QED) is 0.751. The van der Waals surface area contributed by atoms with Crippen LogP contribution in [0, 0.1) is 6.92 Å². The van der Waals surface area contributed by atoms with Gasteiger partial charge in [0.15, 0.2) is 0 Å². The Morgan fingerprint density at radius 2 is 2.26 bits per heavy atom. The predicted octanol–water partition coefficient (Wildman–Crippen LogP) is 0.765. The molecule has 3 N–H and O–H groups in total. The number of β-amino-alcohol motifs (C(OH)–C–C–N with tert-alkyl or cyclic N) is 1. The number of benzene rings is 1. The second-order valence-electron chi connectivity index (χ2n) is 5.39. The highest BCUT2D eigenvalue weighted by Gasteiger charge is 2.28. The molecule has 2 rings (SSSR count). The molecular weight excluding hydrogens is 240 g/mol. The highest BCUT2D eigenvalue weighted by atomic mass is 16.3. The van der Waals surface area contributed by atoms with Crippen LogP contribution in [0.4, 0.5) is 0 Å². The molecule has 1 aromatic rings. The van der Waals surface area contributed by atoms with Crippen molar-refractivity contribution in [2.75, 3.05) is 6.54 Å². The van der Waals surface area contributed by atoms with Crippen molar-refractivity contribution in [3.8, 4) is 0 Å². The van der Waals surface area contributed by atoms with Crippen molar-refractivity contribution < 1.29 is 9.90 Å². The van der Waals surface area contributed by atoms with Crippen molar-refractivity contribution in [1.82, 2.24) is 10.6 Å². The monoisotopic (exact) mass is 262 g/mol. The minimum atomic E-state index is -0.401.